The second-order valence-electron chi connectivity index (χ2n) is 10.8. The molecule has 6 rings (SSSR count). The van der Waals surface area contributed by atoms with Crippen molar-refractivity contribution in [3.8, 4) is 0 Å². The quantitative estimate of drug-likeness (QED) is 0.394. The van der Waals surface area contributed by atoms with E-state index < -0.39 is 10.0 Å². The van der Waals surface area contributed by atoms with Crippen LogP contribution in [0.1, 0.15) is 69.8 Å². The van der Waals surface area contributed by atoms with Crippen molar-refractivity contribution < 1.29 is 8.42 Å². The maximum Gasteiger partial charge on any atom is 0.243 e. The van der Waals surface area contributed by atoms with E-state index in [1.54, 1.807) is 16.4 Å². The number of rotatable bonds is 7. The van der Waals surface area contributed by atoms with Crippen LogP contribution in [0.4, 0.5) is 17.3 Å². The van der Waals surface area contributed by atoms with Crippen molar-refractivity contribution in [2.75, 3.05) is 23.7 Å². The predicted octanol–water partition coefficient (Wildman–Crippen LogP) is 4.90. The number of allylic oxidation sites excluding steroid dienone is 2. The number of hydrogen-bond donors (Lipinski definition) is 3. The summed E-state index contributed by atoms with van der Waals surface area (Å²) in [6.07, 6.45) is 14.7. The summed E-state index contributed by atoms with van der Waals surface area (Å²) >= 11 is 0. The molecule has 10 heteroatoms. The molecule has 0 atom stereocenters. The van der Waals surface area contributed by atoms with Gasteiger partial charge in [-0.1, -0.05) is 6.08 Å². The van der Waals surface area contributed by atoms with Gasteiger partial charge in [-0.15, -0.1) is 0 Å². The van der Waals surface area contributed by atoms with Gasteiger partial charge in [0.25, 0.3) is 0 Å². The monoisotopic (exact) mass is 535 g/mol. The summed E-state index contributed by atoms with van der Waals surface area (Å²) in [7, 11) is -3.45. The molecule has 1 aromatic carbocycles. The van der Waals surface area contributed by atoms with Crippen molar-refractivity contribution in [3.05, 3.63) is 48.2 Å². The van der Waals surface area contributed by atoms with E-state index in [4.69, 9.17) is 15.8 Å². The molecule has 2 fully saturated rings. The molecule has 1 aliphatic heterocycles. The molecule has 0 bridgehead atoms. The number of aromatic nitrogens is 3. The Morgan fingerprint density at radius 3 is 2.45 bits per heavy atom. The zero-order chi connectivity index (χ0) is 26.1. The molecule has 38 heavy (non-hydrogen) atoms. The summed E-state index contributed by atoms with van der Waals surface area (Å²) < 4.78 is 29.3. The maximum absolute atomic E-state index is 12.9. The van der Waals surface area contributed by atoms with Gasteiger partial charge < -0.3 is 16.4 Å². The lowest BCUT2D eigenvalue weighted by atomic mass is 9.92. The Morgan fingerprint density at radius 1 is 0.974 bits per heavy atom. The first-order valence-electron chi connectivity index (χ1n) is 13.9. The highest BCUT2D eigenvalue weighted by Crippen LogP contribution is 2.32. The molecule has 1 saturated heterocycles. The Labute approximate surface area is 224 Å². The van der Waals surface area contributed by atoms with E-state index in [0.717, 1.165) is 79.9 Å². The molecule has 0 radical (unpaired) electrons. The molecule has 2 aromatic heterocycles. The number of hydrogen-bond acceptors (Lipinski definition) is 7. The molecule has 2 aliphatic carbocycles. The van der Waals surface area contributed by atoms with Gasteiger partial charge in [0.15, 0.2) is 5.65 Å². The lowest BCUT2D eigenvalue weighted by Crippen LogP contribution is -2.33. The van der Waals surface area contributed by atoms with E-state index >= 15 is 0 Å². The fourth-order valence-electron chi connectivity index (χ4n) is 5.84. The zero-order valence-corrected chi connectivity index (χ0v) is 22.6. The SMILES string of the molecule is NC1CCC(Nc2cc(Nc3ccc(S(=O)(=O)N4CCCC4)cc3)n3ncc(C4=CCCCC4)c3n2)CC1. The van der Waals surface area contributed by atoms with Crippen LogP contribution in [-0.2, 0) is 10.0 Å². The maximum atomic E-state index is 12.9. The smallest absolute Gasteiger partial charge is 0.243 e. The summed E-state index contributed by atoms with van der Waals surface area (Å²) in [5, 5.41) is 11.8. The molecule has 0 unspecified atom stereocenters. The Kier molecular flexibility index (Phi) is 7.11. The van der Waals surface area contributed by atoms with Gasteiger partial charge in [0.2, 0.25) is 10.0 Å². The number of nitrogens with one attached hydrogen (secondary N) is 2. The fourth-order valence-corrected chi connectivity index (χ4v) is 7.36. The van der Waals surface area contributed by atoms with Gasteiger partial charge in [-0.2, -0.15) is 13.9 Å². The van der Waals surface area contributed by atoms with Crippen molar-refractivity contribution in [1.29, 1.82) is 0 Å². The Balaban J connectivity index is 1.31. The number of nitrogens with two attached hydrogens (primary N) is 1. The van der Waals surface area contributed by atoms with Gasteiger partial charge in [0.1, 0.15) is 11.6 Å². The molecular weight excluding hydrogens is 498 g/mol. The molecule has 3 aliphatic rings. The largest absolute Gasteiger partial charge is 0.367 e. The van der Waals surface area contributed by atoms with Gasteiger partial charge >= 0.3 is 0 Å². The average molecular weight is 536 g/mol. The van der Waals surface area contributed by atoms with Crippen LogP contribution < -0.4 is 16.4 Å². The number of benzene rings is 1. The lowest BCUT2D eigenvalue weighted by molar-refractivity contribution is 0.410. The van der Waals surface area contributed by atoms with E-state index in [2.05, 4.69) is 16.7 Å². The summed E-state index contributed by atoms with van der Waals surface area (Å²) in [4.78, 5) is 5.34. The third-order valence-electron chi connectivity index (χ3n) is 8.06. The summed E-state index contributed by atoms with van der Waals surface area (Å²) in [6.45, 7) is 1.19. The van der Waals surface area contributed by atoms with Crippen molar-refractivity contribution in [1.82, 2.24) is 18.9 Å². The molecule has 9 nitrogen and oxygen atoms in total. The summed E-state index contributed by atoms with van der Waals surface area (Å²) in [6, 6.07) is 9.62. The molecule has 1 saturated carbocycles. The molecule has 202 valence electrons. The van der Waals surface area contributed by atoms with Gasteiger partial charge in [0.05, 0.1) is 11.1 Å². The molecule has 0 spiro atoms. The van der Waals surface area contributed by atoms with Crippen LogP contribution >= 0.6 is 0 Å². The van der Waals surface area contributed by atoms with Crippen molar-refractivity contribution in [2.45, 2.75) is 81.2 Å². The number of nitrogens with zero attached hydrogens (tertiary/aromatic N) is 4. The van der Waals surface area contributed by atoms with Gasteiger partial charge in [-0.25, -0.2) is 13.4 Å². The minimum absolute atomic E-state index is 0.289. The van der Waals surface area contributed by atoms with Crippen molar-refractivity contribution >= 4 is 38.6 Å². The summed E-state index contributed by atoms with van der Waals surface area (Å²) in [5.41, 5.74) is 10.1. The average Bonchev–Trinajstić information content (AvgIpc) is 3.62. The number of sulfonamides is 1. The fraction of sp³-hybridized carbons (Fsp3) is 0.500. The van der Waals surface area contributed by atoms with E-state index in [1.807, 2.05) is 28.9 Å². The van der Waals surface area contributed by atoms with E-state index in [0.29, 0.717) is 24.0 Å². The van der Waals surface area contributed by atoms with Gasteiger partial charge in [-0.3, -0.25) is 0 Å². The van der Waals surface area contributed by atoms with Crippen LogP contribution in [0.15, 0.2) is 47.5 Å². The Morgan fingerprint density at radius 2 is 1.74 bits per heavy atom. The second kappa shape index (κ2) is 10.7. The van der Waals surface area contributed by atoms with Gasteiger partial charge in [0, 0.05) is 42.5 Å². The van der Waals surface area contributed by atoms with Gasteiger partial charge in [-0.05, 0) is 94.0 Å². The predicted molar refractivity (Wildman–Crippen MR) is 151 cm³/mol. The first kappa shape index (κ1) is 25.3. The highest BCUT2D eigenvalue weighted by atomic mass is 32.2. The number of fused-ring (bicyclic) bond motifs is 1. The topological polar surface area (TPSA) is 118 Å². The van der Waals surface area contributed by atoms with Crippen LogP contribution in [0.5, 0.6) is 0 Å². The minimum atomic E-state index is -3.45. The van der Waals surface area contributed by atoms with Crippen LogP contribution in [-0.4, -0.2) is 52.5 Å². The minimum Gasteiger partial charge on any atom is -0.367 e. The first-order valence-corrected chi connectivity index (χ1v) is 15.4. The Bertz CT molecular complexity index is 1420. The molecular formula is C28H37N7O2S. The van der Waals surface area contributed by atoms with E-state index in [1.165, 1.54) is 18.4 Å². The van der Waals surface area contributed by atoms with Crippen LogP contribution in [0.25, 0.3) is 11.2 Å². The zero-order valence-electron chi connectivity index (χ0n) is 21.8. The Hall–Kier alpha value is -2.95. The third-order valence-corrected chi connectivity index (χ3v) is 9.97. The molecule has 3 heterocycles. The van der Waals surface area contributed by atoms with E-state index in [9.17, 15) is 8.42 Å². The van der Waals surface area contributed by atoms with Crippen LogP contribution in [0.2, 0.25) is 0 Å². The first-order chi connectivity index (χ1) is 18.5. The highest BCUT2D eigenvalue weighted by Gasteiger charge is 2.27. The van der Waals surface area contributed by atoms with Crippen LogP contribution in [0.3, 0.4) is 0 Å². The third kappa shape index (κ3) is 5.17. The highest BCUT2D eigenvalue weighted by molar-refractivity contribution is 7.89. The molecule has 0 amide bonds. The van der Waals surface area contributed by atoms with Crippen molar-refractivity contribution in [3.63, 3.8) is 0 Å². The standard InChI is InChI=1S/C28H37N7O2S/c29-21-8-10-22(11-9-21)31-26-18-27(35-28(33-26)25(19-30-35)20-6-2-1-3-7-20)32-23-12-14-24(15-13-23)38(36,37)34-16-4-5-17-34/h6,12-15,18-19,21-22,32H,1-5,7-11,16-17,29H2,(H,31,33). The lowest BCUT2D eigenvalue weighted by Gasteiger charge is -2.27. The number of anilines is 3. The normalized spacial score (nSPS) is 22.9. The van der Waals surface area contributed by atoms with Crippen LogP contribution in [0, 0.1) is 0 Å². The summed E-state index contributed by atoms with van der Waals surface area (Å²) in [5.74, 6) is 1.59. The van der Waals surface area contributed by atoms with E-state index in [-0.39, 0.29) is 6.04 Å². The molecule has 3 aromatic rings. The van der Waals surface area contributed by atoms with Crippen molar-refractivity contribution in [2.24, 2.45) is 5.73 Å². The second-order valence-corrected chi connectivity index (χ2v) is 12.7. The molecule has 4 N–H and O–H groups in total.